The van der Waals surface area contributed by atoms with Crippen LogP contribution in [0.3, 0.4) is 0 Å². The normalized spacial score (nSPS) is 23.9. The van der Waals surface area contributed by atoms with Crippen LogP contribution in [0.2, 0.25) is 0 Å². The van der Waals surface area contributed by atoms with Gasteiger partial charge in [0.25, 0.3) is 0 Å². The number of nitrogens with one attached hydrogen (secondary N) is 1. The van der Waals surface area contributed by atoms with E-state index in [2.05, 4.69) is 20.3 Å². The van der Waals surface area contributed by atoms with Gasteiger partial charge < -0.3 is 20.7 Å². The van der Waals surface area contributed by atoms with E-state index in [1.165, 1.54) is 10.7 Å². The van der Waals surface area contributed by atoms with Gasteiger partial charge in [0.15, 0.2) is 5.65 Å². The van der Waals surface area contributed by atoms with Gasteiger partial charge in [-0.3, -0.25) is 0 Å². The minimum atomic E-state index is -4.45. The predicted molar refractivity (Wildman–Crippen MR) is 114 cm³/mol. The van der Waals surface area contributed by atoms with Crippen molar-refractivity contribution in [3.8, 4) is 5.69 Å². The van der Waals surface area contributed by atoms with E-state index >= 15 is 0 Å². The predicted octanol–water partition coefficient (Wildman–Crippen LogP) is 2.96. The van der Waals surface area contributed by atoms with Crippen molar-refractivity contribution in [2.75, 3.05) is 36.5 Å². The van der Waals surface area contributed by atoms with Gasteiger partial charge in [0, 0.05) is 24.7 Å². The van der Waals surface area contributed by atoms with Crippen molar-refractivity contribution >= 4 is 22.8 Å². The Morgan fingerprint density at radius 1 is 1.19 bits per heavy atom. The first-order valence-electron chi connectivity index (χ1n) is 10.5. The van der Waals surface area contributed by atoms with Crippen LogP contribution in [0.1, 0.15) is 25.3 Å². The van der Waals surface area contributed by atoms with Crippen molar-refractivity contribution in [2.24, 2.45) is 5.73 Å². The first-order chi connectivity index (χ1) is 15.2. The molecule has 0 atom stereocenters. The number of fused-ring (bicyclic) bond motifs is 1. The fourth-order valence-corrected chi connectivity index (χ4v) is 4.33. The Kier molecular flexibility index (Phi) is 4.97. The number of nitrogens with two attached hydrogens (primary N) is 1. The Bertz CT molecular complexity index is 1130. The molecule has 1 aliphatic carbocycles. The number of halogens is 3. The summed E-state index contributed by atoms with van der Waals surface area (Å²) in [7, 11) is 0. The Morgan fingerprint density at radius 3 is 2.62 bits per heavy atom. The summed E-state index contributed by atoms with van der Waals surface area (Å²) < 4.78 is 46.6. The molecule has 0 amide bonds. The van der Waals surface area contributed by atoms with Crippen molar-refractivity contribution in [3.63, 3.8) is 0 Å². The lowest BCUT2D eigenvalue weighted by Crippen LogP contribution is -2.54. The average molecular weight is 447 g/mol. The van der Waals surface area contributed by atoms with Crippen molar-refractivity contribution in [2.45, 2.75) is 37.5 Å². The molecule has 1 aliphatic heterocycles. The largest absolute Gasteiger partial charge is 0.416 e. The van der Waals surface area contributed by atoms with Crippen LogP contribution in [0.15, 0.2) is 30.5 Å². The maximum Gasteiger partial charge on any atom is 0.416 e. The molecule has 1 saturated heterocycles. The maximum atomic E-state index is 13.3. The lowest BCUT2D eigenvalue weighted by atomic mass is 9.75. The van der Waals surface area contributed by atoms with Crippen LogP contribution in [0.25, 0.3) is 16.7 Å². The summed E-state index contributed by atoms with van der Waals surface area (Å²) in [6.45, 7) is 4.46. The number of morpholine rings is 1. The minimum Gasteiger partial charge on any atom is -0.378 e. The molecule has 3 aromatic rings. The topological polar surface area (TPSA) is 94.1 Å². The zero-order valence-corrected chi connectivity index (χ0v) is 17.6. The van der Waals surface area contributed by atoms with Gasteiger partial charge in [-0.2, -0.15) is 28.2 Å². The zero-order chi connectivity index (χ0) is 22.5. The maximum absolute atomic E-state index is 13.3. The molecule has 0 radical (unpaired) electrons. The number of ether oxygens (including phenoxy) is 1. The fraction of sp³-hybridized carbons (Fsp3) is 0.476. The molecule has 1 saturated carbocycles. The van der Waals surface area contributed by atoms with Crippen LogP contribution in [0.5, 0.6) is 0 Å². The lowest BCUT2D eigenvalue weighted by molar-refractivity contribution is -0.137. The molecule has 2 aliphatic rings. The summed E-state index contributed by atoms with van der Waals surface area (Å²) in [5, 5.41) is 8.36. The zero-order valence-electron chi connectivity index (χ0n) is 17.6. The SMILES string of the molecule is C[C@]1(N)C[C@@H](Nc2nc(N3CCOCC3)c3cnn(-c4cccc(C(F)(F)F)c4)c3n2)C1. The molecule has 170 valence electrons. The van der Waals surface area contributed by atoms with Gasteiger partial charge in [-0.15, -0.1) is 0 Å². The first kappa shape index (κ1) is 21.0. The summed E-state index contributed by atoms with van der Waals surface area (Å²) >= 11 is 0. The third-order valence-corrected chi connectivity index (χ3v) is 5.90. The van der Waals surface area contributed by atoms with Gasteiger partial charge in [0.1, 0.15) is 5.82 Å². The number of hydrogen-bond acceptors (Lipinski definition) is 7. The third-order valence-electron chi connectivity index (χ3n) is 5.90. The molecule has 0 bridgehead atoms. The number of nitrogens with zero attached hydrogens (tertiary/aromatic N) is 5. The summed E-state index contributed by atoms with van der Waals surface area (Å²) in [6, 6.07) is 5.20. The Hall–Kier alpha value is -2.92. The minimum absolute atomic E-state index is 0.143. The van der Waals surface area contributed by atoms with Crippen LogP contribution in [-0.4, -0.2) is 57.6 Å². The summed E-state index contributed by atoms with van der Waals surface area (Å²) in [5.74, 6) is 1.10. The molecule has 8 nitrogen and oxygen atoms in total. The molecular weight excluding hydrogens is 423 g/mol. The van der Waals surface area contributed by atoms with Crippen LogP contribution >= 0.6 is 0 Å². The van der Waals surface area contributed by atoms with Gasteiger partial charge in [0.2, 0.25) is 5.95 Å². The molecule has 32 heavy (non-hydrogen) atoms. The number of anilines is 2. The van der Waals surface area contributed by atoms with E-state index in [1.54, 1.807) is 12.3 Å². The standard InChI is InChI=1S/C21H24F3N7O/c1-20(25)10-14(11-20)27-19-28-17(30-5-7-32-8-6-30)16-12-26-31(18(16)29-19)15-4-2-3-13(9-15)21(22,23)24/h2-4,9,12,14H,5-8,10-11,25H2,1H3,(H,27,28,29)/t14-,20+. The second kappa shape index (κ2) is 7.59. The summed E-state index contributed by atoms with van der Waals surface area (Å²) in [6.07, 6.45) is -1.27. The highest BCUT2D eigenvalue weighted by Crippen LogP contribution is 2.34. The van der Waals surface area contributed by atoms with E-state index < -0.39 is 11.7 Å². The second-order valence-corrected chi connectivity index (χ2v) is 8.72. The molecular formula is C21H24F3N7O. The van der Waals surface area contributed by atoms with Gasteiger partial charge in [-0.05, 0) is 38.0 Å². The first-order valence-corrected chi connectivity index (χ1v) is 10.5. The molecule has 0 spiro atoms. The number of rotatable bonds is 4. The lowest BCUT2D eigenvalue weighted by Gasteiger charge is -2.42. The van der Waals surface area contributed by atoms with Gasteiger partial charge >= 0.3 is 6.18 Å². The molecule has 3 heterocycles. The number of hydrogen-bond donors (Lipinski definition) is 2. The summed E-state index contributed by atoms with van der Waals surface area (Å²) in [5.41, 5.74) is 5.90. The monoisotopic (exact) mass is 447 g/mol. The Balaban J connectivity index is 1.58. The highest BCUT2D eigenvalue weighted by Gasteiger charge is 2.37. The molecule has 11 heteroatoms. The van der Waals surface area contributed by atoms with E-state index in [4.69, 9.17) is 15.5 Å². The summed E-state index contributed by atoms with van der Waals surface area (Å²) in [4.78, 5) is 11.4. The van der Waals surface area contributed by atoms with Crippen LogP contribution in [0.4, 0.5) is 24.9 Å². The van der Waals surface area contributed by atoms with Crippen LogP contribution in [-0.2, 0) is 10.9 Å². The van der Waals surface area contributed by atoms with Gasteiger partial charge in [-0.25, -0.2) is 4.68 Å². The Morgan fingerprint density at radius 2 is 1.94 bits per heavy atom. The molecule has 5 rings (SSSR count). The van der Waals surface area contributed by atoms with Gasteiger partial charge in [0.05, 0.1) is 36.0 Å². The van der Waals surface area contributed by atoms with Crippen LogP contribution in [0, 0.1) is 0 Å². The Labute approximate surface area is 182 Å². The number of alkyl halides is 3. The second-order valence-electron chi connectivity index (χ2n) is 8.72. The molecule has 2 aromatic heterocycles. The fourth-order valence-electron chi connectivity index (χ4n) is 4.33. The van der Waals surface area contributed by atoms with E-state index in [-0.39, 0.29) is 17.3 Å². The highest BCUT2D eigenvalue weighted by atomic mass is 19.4. The number of aromatic nitrogens is 4. The molecule has 1 aromatic carbocycles. The van der Waals surface area contributed by atoms with E-state index in [0.717, 1.165) is 25.0 Å². The molecule has 2 fully saturated rings. The van der Waals surface area contributed by atoms with E-state index in [1.807, 2.05) is 6.92 Å². The quantitative estimate of drug-likeness (QED) is 0.635. The van der Waals surface area contributed by atoms with Crippen molar-refractivity contribution in [3.05, 3.63) is 36.0 Å². The van der Waals surface area contributed by atoms with Crippen molar-refractivity contribution in [1.82, 2.24) is 19.7 Å². The van der Waals surface area contributed by atoms with Crippen molar-refractivity contribution in [1.29, 1.82) is 0 Å². The van der Waals surface area contributed by atoms with Crippen molar-refractivity contribution < 1.29 is 17.9 Å². The molecule has 0 unspecified atom stereocenters. The third kappa shape index (κ3) is 3.97. The average Bonchev–Trinajstić information content (AvgIpc) is 3.16. The van der Waals surface area contributed by atoms with E-state index in [9.17, 15) is 13.2 Å². The highest BCUT2D eigenvalue weighted by molar-refractivity contribution is 5.89. The van der Waals surface area contributed by atoms with Gasteiger partial charge in [-0.1, -0.05) is 6.07 Å². The van der Waals surface area contributed by atoms with E-state index in [0.29, 0.717) is 49.1 Å². The molecule has 3 N–H and O–H groups in total. The number of benzene rings is 1. The van der Waals surface area contributed by atoms with Crippen LogP contribution < -0.4 is 16.0 Å². The smallest absolute Gasteiger partial charge is 0.378 e.